The molecule has 2 rings (SSSR count). The first-order valence-electron chi connectivity index (χ1n) is 6.52. The molecule has 0 spiro atoms. The molecule has 6 heteroatoms. The molecular weight excluding hydrogens is 286 g/mol. The zero-order valence-electron chi connectivity index (χ0n) is 12.0. The van der Waals surface area contributed by atoms with Crippen LogP contribution in [0.2, 0.25) is 0 Å². The summed E-state index contributed by atoms with van der Waals surface area (Å²) >= 11 is 1.38. The van der Waals surface area contributed by atoms with E-state index in [1.54, 1.807) is 22.8 Å². The van der Waals surface area contributed by atoms with Crippen LogP contribution in [-0.2, 0) is 13.6 Å². The highest BCUT2D eigenvalue weighted by atomic mass is 32.1. The van der Waals surface area contributed by atoms with Crippen LogP contribution in [0, 0.1) is 11.8 Å². The lowest BCUT2D eigenvalue weighted by Gasteiger charge is -2.15. The standard InChI is InChI=1S/C15H17N3O2S/c1-17(10-12-9-16-18(2)11-12)15(20)14-13(6-8-21-14)5-3-4-7-19/h6,8-9,11,19H,4,7,10H2,1-2H3. The molecule has 2 heterocycles. The second-order valence-electron chi connectivity index (χ2n) is 4.62. The van der Waals surface area contributed by atoms with Gasteiger partial charge in [0.2, 0.25) is 0 Å². The third kappa shape index (κ3) is 3.94. The van der Waals surface area contributed by atoms with Crippen LogP contribution in [0.3, 0.4) is 0 Å². The number of amides is 1. The van der Waals surface area contributed by atoms with Crippen molar-refractivity contribution in [2.45, 2.75) is 13.0 Å². The first kappa shape index (κ1) is 15.3. The van der Waals surface area contributed by atoms with Crippen LogP contribution in [0.1, 0.15) is 27.2 Å². The van der Waals surface area contributed by atoms with Crippen LogP contribution in [0.4, 0.5) is 0 Å². The summed E-state index contributed by atoms with van der Waals surface area (Å²) in [5.74, 6) is 5.73. The number of hydrogen-bond acceptors (Lipinski definition) is 4. The van der Waals surface area contributed by atoms with Crippen molar-refractivity contribution in [3.63, 3.8) is 0 Å². The predicted molar refractivity (Wildman–Crippen MR) is 81.9 cm³/mol. The Morgan fingerprint density at radius 1 is 1.57 bits per heavy atom. The number of thiophene rings is 1. The molecule has 0 saturated heterocycles. The van der Waals surface area contributed by atoms with Gasteiger partial charge in [0.05, 0.1) is 12.8 Å². The lowest BCUT2D eigenvalue weighted by molar-refractivity contribution is 0.0789. The molecule has 1 N–H and O–H groups in total. The molecule has 0 aliphatic heterocycles. The maximum atomic E-state index is 12.5. The maximum absolute atomic E-state index is 12.5. The molecule has 110 valence electrons. The molecular formula is C15H17N3O2S. The van der Waals surface area contributed by atoms with Crippen molar-refractivity contribution in [2.75, 3.05) is 13.7 Å². The Hall–Kier alpha value is -2.10. The van der Waals surface area contributed by atoms with Crippen molar-refractivity contribution in [3.8, 4) is 11.8 Å². The normalized spacial score (nSPS) is 10.0. The fraction of sp³-hybridized carbons (Fsp3) is 0.333. The van der Waals surface area contributed by atoms with E-state index in [1.165, 1.54) is 11.3 Å². The molecule has 2 aromatic heterocycles. The summed E-state index contributed by atoms with van der Waals surface area (Å²) in [6, 6.07) is 1.83. The fourth-order valence-electron chi connectivity index (χ4n) is 1.86. The zero-order chi connectivity index (χ0) is 15.2. The number of aryl methyl sites for hydroxylation is 1. The van der Waals surface area contributed by atoms with Crippen molar-refractivity contribution < 1.29 is 9.90 Å². The van der Waals surface area contributed by atoms with E-state index in [9.17, 15) is 4.79 Å². The van der Waals surface area contributed by atoms with Crippen LogP contribution < -0.4 is 0 Å². The summed E-state index contributed by atoms with van der Waals surface area (Å²) in [7, 11) is 3.61. The summed E-state index contributed by atoms with van der Waals surface area (Å²) in [6.45, 7) is 0.537. The monoisotopic (exact) mass is 303 g/mol. The van der Waals surface area contributed by atoms with Crippen molar-refractivity contribution in [2.24, 2.45) is 7.05 Å². The Morgan fingerprint density at radius 2 is 2.38 bits per heavy atom. The highest BCUT2D eigenvalue weighted by Crippen LogP contribution is 2.18. The van der Waals surface area contributed by atoms with Gasteiger partial charge in [0, 0.05) is 44.4 Å². The van der Waals surface area contributed by atoms with E-state index in [2.05, 4.69) is 16.9 Å². The molecule has 0 fully saturated rings. The molecule has 21 heavy (non-hydrogen) atoms. The lowest BCUT2D eigenvalue weighted by atomic mass is 10.2. The molecule has 0 aliphatic carbocycles. The van der Waals surface area contributed by atoms with E-state index in [0.717, 1.165) is 11.1 Å². The first-order chi connectivity index (χ1) is 10.1. The van der Waals surface area contributed by atoms with Gasteiger partial charge in [0.25, 0.3) is 5.91 Å². The minimum Gasteiger partial charge on any atom is -0.395 e. The Balaban J connectivity index is 2.09. The quantitative estimate of drug-likeness (QED) is 0.871. The number of aliphatic hydroxyl groups excluding tert-OH is 1. The largest absolute Gasteiger partial charge is 0.395 e. The van der Waals surface area contributed by atoms with E-state index >= 15 is 0 Å². The van der Waals surface area contributed by atoms with Gasteiger partial charge in [-0.3, -0.25) is 9.48 Å². The third-order valence-corrected chi connectivity index (χ3v) is 3.75. The molecule has 0 atom stereocenters. The number of carbonyl (C=O) groups is 1. The van der Waals surface area contributed by atoms with Gasteiger partial charge in [-0.15, -0.1) is 11.3 Å². The molecule has 0 aromatic carbocycles. The topological polar surface area (TPSA) is 58.4 Å². The highest BCUT2D eigenvalue weighted by Gasteiger charge is 2.17. The van der Waals surface area contributed by atoms with Gasteiger partial charge >= 0.3 is 0 Å². The van der Waals surface area contributed by atoms with Crippen LogP contribution in [0.5, 0.6) is 0 Å². The average Bonchev–Trinajstić information content (AvgIpc) is 3.07. The number of aromatic nitrogens is 2. The predicted octanol–water partition coefficient (Wildman–Crippen LogP) is 1.49. The van der Waals surface area contributed by atoms with Gasteiger partial charge in [0.1, 0.15) is 4.88 Å². The Morgan fingerprint density at radius 3 is 3.05 bits per heavy atom. The van der Waals surface area contributed by atoms with Gasteiger partial charge in [-0.2, -0.15) is 5.10 Å². The van der Waals surface area contributed by atoms with Crippen LogP contribution in [0.15, 0.2) is 23.8 Å². The minimum atomic E-state index is -0.0536. The average molecular weight is 303 g/mol. The van der Waals surface area contributed by atoms with Gasteiger partial charge in [0.15, 0.2) is 0 Å². The Bertz CT molecular complexity index is 678. The Labute approximate surface area is 127 Å². The summed E-state index contributed by atoms with van der Waals surface area (Å²) in [4.78, 5) is 14.7. The lowest BCUT2D eigenvalue weighted by Crippen LogP contribution is -2.25. The van der Waals surface area contributed by atoms with E-state index < -0.39 is 0 Å². The van der Waals surface area contributed by atoms with Gasteiger partial charge in [-0.25, -0.2) is 0 Å². The minimum absolute atomic E-state index is 0.0291. The van der Waals surface area contributed by atoms with E-state index in [0.29, 0.717) is 17.8 Å². The number of carbonyl (C=O) groups excluding carboxylic acids is 1. The van der Waals surface area contributed by atoms with Gasteiger partial charge in [-0.05, 0) is 11.4 Å². The molecule has 0 unspecified atom stereocenters. The third-order valence-electron chi connectivity index (χ3n) is 2.84. The second-order valence-corrected chi connectivity index (χ2v) is 5.54. The molecule has 2 aromatic rings. The summed E-state index contributed by atoms with van der Waals surface area (Å²) in [5.41, 5.74) is 1.70. The smallest absolute Gasteiger partial charge is 0.265 e. The summed E-state index contributed by atoms with van der Waals surface area (Å²) < 4.78 is 1.71. The molecule has 5 nitrogen and oxygen atoms in total. The number of rotatable bonds is 4. The Kier molecular flexibility index (Phi) is 5.14. The molecule has 0 saturated carbocycles. The molecule has 0 radical (unpaired) electrons. The number of aliphatic hydroxyl groups is 1. The summed E-state index contributed by atoms with van der Waals surface area (Å²) in [5, 5.41) is 14.7. The fourth-order valence-corrected chi connectivity index (χ4v) is 2.70. The van der Waals surface area contributed by atoms with Crippen LogP contribution in [-0.4, -0.2) is 39.3 Å². The zero-order valence-corrected chi connectivity index (χ0v) is 12.9. The van der Waals surface area contributed by atoms with Crippen LogP contribution in [0.25, 0.3) is 0 Å². The van der Waals surface area contributed by atoms with E-state index in [-0.39, 0.29) is 12.5 Å². The van der Waals surface area contributed by atoms with Crippen molar-refractivity contribution in [1.29, 1.82) is 0 Å². The SMILES string of the molecule is CN(Cc1cnn(C)c1)C(=O)c1sccc1C#CCCO. The highest BCUT2D eigenvalue weighted by molar-refractivity contribution is 7.12. The van der Waals surface area contributed by atoms with E-state index in [4.69, 9.17) is 5.11 Å². The van der Waals surface area contributed by atoms with Crippen molar-refractivity contribution in [3.05, 3.63) is 39.8 Å². The number of nitrogens with zero attached hydrogens (tertiary/aromatic N) is 3. The molecule has 1 amide bonds. The second kappa shape index (κ2) is 7.07. The number of hydrogen-bond donors (Lipinski definition) is 1. The maximum Gasteiger partial charge on any atom is 0.265 e. The van der Waals surface area contributed by atoms with Crippen molar-refractivity contribution in [1.82, 2.24) is 14.7 Å². The van der Waals surface area contributed by atoms with Crippen molar-refractivity contribution >= 4 is 17.2 Å². The van der Waals surface area contributed by atoms with Crippen LogP contribution >= 0.6 is 11.3 Å². The van der Waals surface area contributed by atoms with Gasteiger partial charge < -0.3 is 10.0 Å². The van der Waals surface area contributed by atoms with Gasteiger partial charge in [-0.1, -0.05) is 11.8 Å². The first-order valence-corrected chi connectivity index (χ1v) is 7.40. The summed E-state index contributed by atoms with van der Waals surface area (Å²) in [6.07, 6.45) is 4.05. The molecule has 0 bridgehead atoms. The molecule has 0 aliphatic rings. The van der Waals surface area contributed by atoms with E-state index in [1.807, 2.05) is 24.7 Å².